The molecule has 4 N–H and O–H groups in total. The van der Waals surface area contributed by atoms with Gasteiger partial charge in [0, 0.05) is 33.5 Å². The fraction of sp³-hybridized carbons (Fsp3) is 0.548. The molecule has 2 aromatic carbocycles. The lowest BCUT2D eigenvalue weighted by molar-refractivity contribution is -0.144. The van der Waals surface area contributed by atoms with Gasteiger partial charge in [0.1, 0.15) is 23.9 Å². The number of hydrogen-bond donors (Lipinski definition) is 4. The SMILES string of the molecule is CCCC(NC(=O)C1C[C@@H]2CN1C(=O)[C@H](C(C)CC)NC(=O)Cc1cccc(c1)OCCC(C)(C)O2)C(=O)C(=O)NCC(=O)N[C@H](C(=O)N(C)C)c1ccccc1. The Kier molecular flexibility index (Phi) is 15.7. The number of Topliss-reactive ketones (excluding diaryl/α,β-unsaturated/α-hetero) is 1. The van der Waals surface area contributed by atoms with Crippen LogP contribution in [0.15, 0.2) is 54.6 Å². The van der Waals surface area contributed by atoms with Crippen LogP contribution in [0.1, 0.15) is 83.9 Å². The molecule has 6 atom stereocenters. The van der Waals surface area contributed by atoms with Crippen LogP contribution in [0.5, 0.6) is 5.75 Å². The first-order valence-electron chi connectivity index (χ1n) is 19.7. The smallest absolute Gasteiger partial charge is 0.290 e. The maximum absolute atomic E-state index is 14.4. The monoisotopic (exact) mass is 790 g/mol. The Labute approximate surface area is 335 Å². The Morgan fingerprint density at radius 1 is 1.00 bits per heavy atom. The molecule has 4 rings (SSSR count). The highest BCUT2D eigenvalue weighted by Gasteiger charge is 2.45. The molecule has 1 fully saturated rings. The molecule has 3 unspecified atom stereocenters. The summed E-state index contributed by atoms with van der Waals surface area (Å²) in [6.07, 6.45) is 1.16. The largest absolute Gasteiger partial charge is 0.493 e. The van der Waals surface area contributed by atoms with E-state index in [0.29, 0.717) is 42.7 Å². The van der Waals surface area contributed by atoms with Crippen LogP contribution in [-0.4, -0.2) is 115 Å². The first-order valence-corrected chi connectivity index (χ1v) is 19.7. The van der Waals surface area contributed by atoms with Crippen molar-refractivity contribution in [3.05, 3.63) is 65.7 Å². The molecular formula is C42H58N6O9. The fourth-order valence-electron chi connectivity index (χ4n) is 6.95. The zero-order valence-electron chi connectivity index (χ0n) is 34.1. The second-order valence-electron chi connectivity index (χ2n) is 15.6. The van der Waals surface area contributed by atoms with Gasteiger partial charge >= 0.3 is 0 Å². The first kappa shape index (κ1) is 44.4. The zero-order chi connectivity index (χ0) is 41.9. The van der Waals surface area contributed by atoms with E-state index in [-0.39, 0.29) is 43.5 Å². The summed E-state index contributed by atoms with van der Waals surface area (Å²) in [6.45, 7) is 9.16. The van der Waals surface area contributed by atoms with Crippen LogP contribution < -0.4 is 26.0 Å². The summed E-state index contributed by atoms with van der Waals surface area (Å²) in [6, 6.07) is 11.6. The molecule has 2 aromatic rings. The van der Waals surface area contributed by atoms with Crippen LogP contribution in [0.3, 0.4) is 0 Å². The lowest BCUT2D eigenvalue weighted by Crippen LogP contribution is -2.57. The summed E-state index contributed by atoms with van der Waals surface area (Å²) in [4.78, 5) is 97.1. The highest BCUT2D eigenvalue weighted by Crippen LogP contribution is 2.29. The van der Waals surface area contributed by atoms with Crippen LogP contribution in [0.25, 0.3) is 0 Å². The van der Waals surface area contributed by atoms with Crippen molar-refractivity contribution in [2.24, 2.45) is 5.92 Å². The van der Waals surface area contributed by atoms with Crippen molar-refractivity contribution in [2.45, 2.75) is 109 Å². The highest BCUT2D eigenvalue weighted by atomic mass is 16.5. The Morgan fingerprint density at radius 2 is 1.72 bits per heavy atom. The third kappa shape index (κ3) is 12.3. The number of nitrogens with zero attached hydrogens (tertiary/aromatic N) is 2. The molecule has 15 nitrogen and oxygen atoms in total. The van der Waals surface area contributed by atoms with Gasteiger partial charge < -0.3 is 40.5 Å². The molecule has 1 saturated heterocycles. The minimum absolute atomic E-state index is 0.0188. The lowest BCUT2D eigenvalue weighted by Gasteiger charge is -2.32. The topological polar surface area (TPSA) is 193 Å². The van der Waals surface area contributed by atoms with Crippen molar-refractivity contribution in [3.63, 3.8) is 0 Å². The molecule has 0 saturated carbocycles. The molecular weight excluding hydrogens is 732 g/mol. The lowest BCUT2D eigenvalue weighted by atomic mass is 9.96. The van der Waals surface area contributed by atoms with E-state index in [1.165, 1.54) is 9.80 Å². The molecule has 4 bridgehead atoms. The molecule has 6 amide bonds. The number of hydrogen-bond acceptors (Lipinski definition) is 9. The molecule has 0 radical (unpaired) electrons. The van der Waals surface area contributed by atoms with Gasteiger partial charge in [-0.05, 0) is 49.4 Å². The second kappa shape index (κ2) is 20.2. The van der Waals surface area contributed by atoms with Crippen molar-refractivity contribution in [1.29, 1.82) is 0 Å². The number of likely N-dealkylation sites (N-methyl/N-ethyl adjacent to an activating group) is 1. The van der Waals surface area contributed by atoms with Gasteiger partial charge in [-0.2, -0.15) is 0 Å². The number of carbonyl (C=O) groups excluding carboxylic acids is 7. The molecule has 2 aliphatic rings. The summed E-state index contributed by atoms with van der Waals surface area (Å²) in [7, 11) is 3.11. The van der Waals surface area contributed by atoms with Gasteiger partial charge in [0.2, 0.25) is 35.3 Å². The number of nitrogens with one attached hydrogen (secondary N) is 4. The van der Waals surface area contributed by atoms with Crippen LogP contribution in [0.4, 0.5) is 0 Å². The molecule has 310 valence electrons. The molecule has 0 aliphatic carbocycles. The summed E-state index contributed by atoms with van der Waals surface area (Å²) in [5, 5.41) is 10.6. The summed E-state index contributed by atoms with van der Waals surface area (Å²) in [5.74, 6) is -4.27. The van der Waals surface area contributed by atoms with Crippen LogP contribution in [-0.2, 0) is 44.7 Å². The standard InChI is InChI=1S/C42H58N6O9/c1-8-14-31(37(51)39(53)43-24-34(50)46-36(40(54)47(6)7)28-16-11-10-12-17-28)44-38(52)32-23-30-25-48(32)41(55)35(26(3)9-2)45-33(49)22-27-15-13-18-29(21-27)56-20-19-42(4,5)57-30/h10-13,15-18,21,26,30-32,35-36H,8-9,14,19-20,22-25H2,1-7H3,(H,43,53)(H,44,52)(H,45,49)(H,46,50)/t26?,30-,31?,32?,35+,36+/m1/s1. The van der Waals surface area contributed by atoms with E-state index >= 15 is 0 Å². The quantitative estimate of drug-likeness (QED) is 0.220. The zero-order valence-corrected chi connectivity index (χ0v) is 34.1. The van der Waals surface area contributed by atoms with Crippen LogP contribution in [0.2, 0.25) is 0 Å². The van der Waals surface area contributed by atoms with Gasteiger partial charge in [-0.1, -0.05) is 76.1 Å². The predicted octanol–water partition coefficient (Wildman–Crippen LogP) is 2.22. The Balaban J connectivity index is 1.50. The van der Waals surface area contributed by atoms with E-state index in [9.17, 15) is 33.6 Å². The normalized spacial score (nSPS) is 21.2. The number of ketones is 1. The van der Waals surface area contributed by atoms with Gasteiger partial charge in [0.15, 0.2) is 0 Å². The first-order chi connectivity index (χ1) is 27.0. The number of fused-ring (bicyclic) bond motifs is 4. The van der Waals surface area contributed by atoms with Gasteiger partial charge in [-0.25, -0.2) is 0 Å². The van der Waals surface area contributed by atoms with E-state index in [2.05, 4.69) is 21.3 Å². The fourth-order valence-corrected chi connectivity index (χ4v) is 6.95. The second-order valence-corrected chi connectivity index (χ2v) is 15.6. The van der Waals surface area contributed by atoms with Gasteiger partial charge in [-0.15, -0.1) is 0 Å². The third-order valence-electron chi connectivity index (χ3n) is 10.3. The van der Waals surface area contributed by atoms with E-state index in [1.807, 2.05) is 45.9 Å². The molecule has 57 heavy (non-hydrogen) atoms. The number of benzene rings is 2. The minimum atomic E-state index is -1.26. The highest BCUT2D eigenvalue weighted by molar-refractivity contribution is 6.38. The van der Waals surface area contributed by atoms with Gasteiger partial charge in [0.25, 0.3) is 5.91 Å². The maximum Gasteiger partial charge on any atom is 0.290 e. The molecule has 2 heterocycles. The van der Waals surface area contributed by atoms with E-state index in [0.717, 1.165) is 0 Å². The molecule has 2 aliphatic heterocycles. The summed E-state index contributed by atoms with van der Waals surface area (Å²) >= 11 is 0. The molecule has 0 spiro atoms. The number of ether oxygens (including phenoxy) is 2. The van der Waals surface area contributed by atoms with Crippen molar-refractivity contribution in [2.75, 3.05) is 33.8 Å². The number of carbonyl (C=O) groups is 7. The van der Waals surface area contributed by atoms with Gasteiger partial charge in [0.05, 0.1) is 37.3 Å². The van der Waals surface area contributed by atoms with E-state index in [1.54, 1.807) is 57.4 Å². The Morgan fingerprint density at radius 3 is 2.39 bits per heavy atom. The number of rotatable bonds is 13. The van der Waals surface area contributed by atoms with E-state index < -0.39 is 71.8 Å². The van der Waals surface area contributed by atoms with E-state index in [4.69, 9.17) is 9.47 Å². The van der Waals surface area contributed by atoms with Crippen LogP contribution >= 0.6 is 0 Å². The average Bonchev–Trinajstić information content (AvgIpc) is 3.59. The average molecular weight is 791 g/mol. The van der Waals surface area contributed by atoms with Gasteiger partial charge in [-0.3, -0.25) is 33.6 Å². The Bertz CT molecular complexity index is 1770. The summed E-state index contributed by atoms with van der Waals surface area (Å²) < 4.78 is 12.5. The predicted molar refractivity (Wildman–Crippen MR) is 212 cm³/mol. The molecule has 0 aromatic heterocycles. The maximum atomic E-state index is 14.4. The third-order valence-corrected chi connectivity index (χ3v) is 10.3. The van der Waals surface area contributed by atoms with Crippen LogP contribution in [0, 0.1) is 5.92 Å². The summed E-state index contributed by atoms with van der Waals surface area (Å²) in [5.41, 5.74) is 0.559. The van der Waals surface area contributed by atoms with Crippen molar-refractivity contribution >= 4 is 41.2 Å². The minimum Gasteiger partial charge on any atom is -0.493 e. The van der Waals surface area contributed by atoms with Crippen molar-refractivity contribution in [1.82, 2.24) is 31.1 Å². The van der Waals surface area contributed by atoms with Crippen molar-refractivity contribution < 1.29 is 43.0 Å². The molecule has 15 heteroatoms. The Hall–Kier alpha value is -5.31. The van der Waals surface area contributed by atoms with Crippen molar-refractivity contribution in [3.8, 4) is 5.75 Å². The number of amides is 6.